The molecule has 0 aliphatic carbocycles. The maximum Gasteiger partial charge on any atom is 0.494 e. The maximum absolute atomic E-state index is 8.93. The van der Waals surface area contributed by atoms with Gasteiger partial charge >= 0.3 is 7.12 Å². The van der Waals surface area contributed by atoms with Crippen LogP contribution in [0.4, 0.5) is 0 Å². The van der Waals surface area contributed by atoms with E-state index in [1.165, 1.54) is 0 Å². The van der Waals surface area contributed by atoms with E-state index in [0.717, 1.165) is 23.9 Å². The fourth-order valence-electron chi connectivity index (χ4n) is 3.04. The summed E-state index contributed by atoms with van der Waals surface area (Å²) in [5.74, 6) is 1.34. The first-order valence-electron chi connectivity index (χ1n) is 9.97. The van der Waals surface area contributed by atoms with Crippen molar-refractivity contribution in [1.82, 2.24) is 0 Å². The van der Waals surface area contributed by atoms with Crippen LogP contribution in [0.25, 0.3) is 0 Å². The number of hydrogen-bond acceptors (Lipinski definition) is 6. The minimum absolute atomic E-state index is 0.313. The number of nitriles is 1. The number of benzene rings is 2. The molecule has 2 aromatic carbocycles. The first-order valence-corrected chi connectivity index (χ1v) is 9.97. The Balaban J connectivity index is 1.80. The lowest BCUT2D eigenvalue weighted by atomic mass is 9.75. The molecule has 2 aromatic rings. The highest BCUT2D eigenvalue weighted by Crippen LogP contribution is 2.23. The van der Waals surface area contributed by atoms with E-state index in [2.05, 4.69) is 6.07 Å². The van der Waals surface area contributed by atoms with E-state index in [9.17, 15) is 0 Å². The van der Waals surface area contributed by atoms with Gasteiger partial charge in [0.15, 0.2) is 6.29 Å². The van der Waals surface area contributed by atoms with Crippen LogP contribution in [-0.4, -0.2) is 33.2 Å². The Morgan fingerprint density at radius 2 is 1.72 bits per heavy atom. The zero-order chi connectivity index (χ0) is 20.5. The fourth-order valence-corrected chi connectivity index (χ4v) is 3.04. The molecule has 0 N–H and O–H groups in total. The third-order valence-corrected chi connectivity index (χ3v) is 4.54. The quantitative estimate of drug-likeness (QED) is 0.501. The van der Waals surface area contributed by atoms with Gasteiger partial charge in [-0.1, -0.05) is 6.07 Å². The summed E-state index contributed by atoms with van der Waals surface area (Å²) >= 11 is 0. The van der Waals surface area contributed by atoms with Crippen molar-refractivity contribution in [2.75, 3.05) is 19.8 Å². The molecule has 6 nitrogen and oxygen atoms in total. The van der Waals surface area contributed by atoms with Crippen LogP contribution in [0.3, 0.4) is 0 Å². The summed E-state index contributed by atoms with van der Waals surface area (Å²) in [5, 5.41) is 8.93. The fraction of sp³-hybridized carbons (Fsp3) is 0.409. The van der Waals surface area contributed by atoms with Gasteiger partial charge in [0.2, 0.25) is 0 Å². The molecule has 3 rings (SSSR count). The van der Waals surface area contributed by atoms with Gasteiger partial charge in [0.05, 0.1) is 18.2 Å². The largest absolute Gasteiger partial charge is 0.494 e. The Labute approximate surface area is 172 Å². The van der Waals surface area contributed by atoms with Gasteiger partial charge in [0, 0.05) is 19.8 Å². The van der Waals surface area contributed by atoms with Crippen molar-refractivity contribution < 1.29 is 23.5 Å². The lowest BCUT2D eigenvalue weighted by Gasteiger charge is -2.19. The SMILES string of the molecule is CCOC(C)OCc1cc(Oc2ccc(C#N)cc2)ccc1B1OCCCCO1. The summed E-state index contributed by atoms with van der Waals surface area (Å²) < 4.78 is 29.1. The first-order chi connectivity index (χ1) is 14.2. The van der Waals surface area contributed by atoms with E-state index >= 15 is 0 Å². The zero-order valence-electron chi connectivity index (χ0n) is 16.9. The normalized spacial score (nSPS) is 15.4. The molecule has 1 aliphatic rings. The summed E-state index contributed by atoms with van der Waals surface area (Å²) in [6, 6.07) is 14.9. The monoisotopic (exact) mass is 395 g/mol. The van der Waals surface area contributed by atoms with Crippen LogP contribution in [0.2, 0.25) is 0 Å². The number of ether oxygens (including phenoxy) is 3. The molecule has 1 fully saturated rings. The average Bonchev–Trinajstić information content (AvgIpc) is 3.03. The summed E-state index contributed by atoms with van der Waals surface area (Å²) in [7, 11) is -0.414. The van der Waals surface area contributed by atoms with Crippen LogP contribution in [0.1, 0.15) is 37.8 Å². The van der Waals surface area contributed by atoms with Crippen LogP contribution >= 0.6 is 0 Å². The molecule has 0 amide bonds. The molecule has 0 radical (unpaired) electrons. The second-order valence-electron chi connectivity index (χ2n) is 6.71. The Morgan fingerprint density at radius 3 is 2.38 bits per heavy atom. The van der Waals surface area contributed by atoms with Crippen molar-refractivity contribution in [3.8, 4) is 17.6 Å². The molecule has 0 bridgehead atoms. The van der Waals surface area contributed by atoms with Crippen molar-refractivity contribution in [2.24, 2.45) is 0 Å². The van der Waals surface area contributed by atoms with Gasteiger partial charge in [0.1, 0.15) is 11.5 Å². The van der Waals surface area contributed by atoms with Crippen molar-refractivity contribution in [1.29, 1.82) is 5.26 Å². The molecule has 1 atom stereocenters. The lowest BCUT2D eigenvalue weighted by molar-refractivity contribution is -0.134. The Kier molecular flexibility index (Phi) is 8.08. The van der Waals surface area contributed by atoms with Gasteiger partial charge in [0.25, 0.3) is 0 Å². The molecule has 1 saturated heterocycles. The molecule has 0 spiro atoms. The second-order valence-corrected chi connectivity index (χ2v) is 6.71. The van der Waals surface area contributed by atoms with Gasteiger partial charge in [-0.2, -0.15) is 5.26 Å². The first kappa shape index (κ1) is 21.3. The minimum atomic E-state index is -0.414. The van der Waals surface area contributed by atoms with Gasteiger partial charge in [-0.05, 0) is 74.1 Å². The summed E-state index contributed by atoms with van der Waals surface area (Å²) in [4.78, 5) is 0. The molecule has 0 aromatic heterocycles. The van der Waals surface area contributed by atoms with Gasteiger partial charge in [-0.15, -0.1) is 0 Å². The number of nitrogens with zero attached hydrogens (tertiary/aromatic N) is 1. The highest BCUT2D eigenvalue weighted by atomic mass is 16.7. The molecular weight excluding hydrogens is 369 g/mol. The zero-order valence-corrected chi connectivity index (χ0v) is 16.9. The van der Waals surface area contributed by atoms with E-state index in [1.807, 2.05) is 32.0 Å². The van der Waals surface area contributed by atoms with Crippen LogP contribution < -0.4 is 10.2 Å². The number of hydrogen-bond donors (Lipinski definition) is 0. The van der Waals surface area contributed by atoms with E-state index in [1.54, 1.807) is 24.3 Å². The Bertz CT molecular complexity index is 813. The third kappa shape index (κ3) is 6.31. The highest BCUT2D eigenvalue weighted by Gasteiger charge is 2.26. The third-order valence-electron chi connectivity index (χ3n) is 4.54. The van der Waals surface area contributed by atoms with Crippen molar-refractivity contribution in [3.63, 3.8) is 0 Å². The molecule has 1 unspecified atom stereocenters. The van der Waals surface area contributed by atoms with Crippen LogP contribution in [0.5, 0.6) is 11.5 Å². The van der Waals surface area contributed by atoms with Crippen LogP contribution in [0, 0.1) is 11.3 Å². The topological polar surface area (TPSA) is 69.9 Å². The summed E-state index contributed by atoms with van der Waals surface area (Å²) in [5.41, 5.74) is 2.45. The molecule has 152 valence electrons. The van der Waals surface area contributed by atoms with E-state index in [0.29, 0.717) is 43.5 Å². The molecule has 0 saturated carbocycles. The lowest BCUT2D eigenvalue weighted by Crippen LogP contribution is -2.39. The predicted molar refractivity (Wildman–Crippen MR) is 110 cm³/mol. The van der Waals surface area contributed by atoms with Crippen LogP contribution in [0.15, 0.2) is 42.5 Å². The smallest absolute Gasteiger partial charge is 0.457 e. The molecule has 29 heavy (non-hydrogen) atoms. The van der Waals surface area contributed by atoms with E-state index < -0.39 is 7.12 Å². The van der Waals surface area contributed by atoms with Crippen molar-refractivity contribution in [3.05, 3.63) is 53.6 Å². The molecular formula is C22H26BNO5. The maximum atomic E-state index is 8.93. The summed E-state index contributed by atoms with van der Waals surface area (Å²) in [6.07, 6.45) is 1.67. The average molecular weight is 395 g/mol. The van der Waals surface area contributed by atoms with Crippen molar-refractivity contribution in [2.45, 2.75) is 39.6 Å². The minimum Gasteiger partial charge on any atom is -0.457 e. The van der Waals surface area contributed by atoms with Crippen molar-refractivity contribution >= 4 is 12.6 Å². The highest BCUT2D eigenvalue weighted by molar-refractivity contribution is 6.61. The summed E-state index contributed by atoms with van der Waals surface area (Å²) in [6.45, 7) is 6.09. The number of rotatable bonds is 8. The molecule has 1 aliphatic heterocycles. The van der Waals surface area contributed by atoms with Gasteiger partial charge in [-0.3, -0.25) is 0 Å². The Morgan fingerprint density at radius 1 is 1.03 bits per heavy atom. The van der Waals surface area contributed by atoms with E-state index in [4.69, 9.17) is 28.8 Å². The Hall–Kier alpha value is -2.37. The standard InChI is InChI=1S/C22H26BNO5/c1-3-25-17(2)26-16-19-14-21(29-20-8-6-18(15-24)7-9-20)10-11-22(19)23-27-12-4-5-13-28-23/h6-11,14,17H,3-5,12-13,16H2,1-2H3. The van der Waals surface area contributed by atoms with Gasteiger partial charge in [-0.25, -0.2) is 0 Å². The van der Waals surface area contributed by atoms with Gasteiger partial charge < -0.3 is 23.5 Å². The van der Waals surface area contributed by atoms with Crippen LogP contribution in [-0.2, 0) is 25.4 Å². The predicted octanol–water partition coefficient (Wildman–Crippen LogP) is 3.77. The molecule has 7 heteroatoms. The molecule has 1 heterocycles. The van der Waals surface area contributed by atoms with E-state index in [-0.39, 0.29) is 6.29 Å². The second kappa shape index (κ2) is 11.0.